The molecule has 0 aliphatic carbocycles. The van der Waals surface area contributed by atoms with Crippen LogP contribution in [0.2, 0.25) is 0 Å². The molecule has 0 amide bonds. The number of hydrogen-bond donors (Lipinski definition) is 1. The number of hydrogen-bond acceptors (Lipinski definition) is 2. The first-order valence-corrected chi connectivity index (χ1v) is 6.37. The highest BCUT2D eigenvalue weighted by Gasteiger charge is 2.17. The van der Waals surface area contributed by atoms with E-state index < -0.39 is 0 Å². The topological polar surface area (TPSA) is 39.2 Å². The Bertz CT molecular complexity index is 545. The van der Waals surface area contributed by atoms with E-state index in [9.17, 15) is 0 Å². The standard InChI is InChI=1S/C14H16BrNO/c1-8-4-5-11(13(15)6-8)14(16)12-7-9(2)17-10(12)3/h4-7,14H,16H2,1-3H3. The molecule has 0 aliphatic heterocycles. The van der Waals surface area contributed by atoms with Gasteiger partial charge in [0.1, 0.15) is 11.5 Å². The molecule has 2 aromatic rings. The van der Waals surface area contributed by atoms with Crippen molar-refractivity contribution in [3.8, 4) is 0 Å². The minimum Gasteiger partial charge on any atom is -0.466 e. The van der Waals surface area contributed by atoms with Gasteiger partial charge in [-0.1, -0.05) is 28.1 Å². The van der Waals surface area contributed by atoms with Crippen LogP contribution in [0.25, 0.3) is 0 Å². The van der Waals surface area contributed by atoms with E-state index in [0.29, 0.717) is 0 Å². The van der Waals surface area contributed by atoms with Crippen LogP contribution in [-0.4, -0.2) is 0 Å². The quantitative estimate of drug-likeness (QED) is 0.908. The third kappa shape index (κ3) is 2.45. The molecule has 90 valence electrons. The van der Waals surface area contributed by atoms with E-state index in [1.54, 1.807) is 0 Å². The monoisotopic (exact) mass is 293 g/mol. The van der Waals surface area contributed by atoms with Crippen molar-refractivity contribution in [2.75, 3.05) is 0 Å². The largest absolute Gasteiger partial charge is 0.466 e. The Kier molecular flexibility index (Phi) is 3.40. The number of benzene rings is 1. The molecule has 0 saturated heterocycles. The van der Waals surface area contributed by atoms with Gasteiger partial charge in [-0.25, -0.2) is 0 Å². The lowest BCUT2D eigenvalue weighted by Crippen LogP contribution is -2.12. The maximum absolute atomic E-state index is 6.29. The lowest BCUT2D eigenvalue weighted by molar-refractivity contribution is 0.499. The molecular formula is C14H16BrNO. The molecule has 0 spiro atoms. The van der Waals surface area contributed by atoms with Gasteiger partial charge in [-0.2, -0.15) is 0 Å². The molecule has 1 heterocycles. The summed E-state index contributed by atoms with van der Waals surface area (Å²) < 4.78 is 6.57. The Morgan fingerprint density at radius 2 is 1.82 bits per heavy atom. The van der Waals surface area contributed by atoms with Crippen molar-refractivity contribution in [1.29, 1.82) is 0 Å². The summed E-state index contributed by atoms with van der Waals surface area (Å²) in [6.45, 7) is 5.95. The molecule has 0 bridgehead atoms. The van der Waals surface area contributed by atoms with Crippen LogP contribution < -0.4 is 5.73 Å². The maximum Gasteiger partial charge on any atom is 0.106 e. The third-order valence-electron chi connectivity index (χ3n) is 2.91. The zero-order valence-corrected chi connectivity index (χ0v) is 11.8. The fourth-order valence-electron chi connectivity index (χ4n) is 2.01. The molecule has 2 N–H and O–H groups in total. The van der Waals surface area contributed by atoms with Gasteiger partial charge in [0.2, 0.25) is 0 Å². The second-order valence-corrected chi connectivity index (χ2v) is 5.23. The Balaban J connectivity index is 2.43. The van der Waals surface area contributed by atoms with Gasteiger partial charge >= 0.3 is 0 Å². The molecule has 1 aromatic carbocycles. The van der Waals surface area contributed by atoms with Crippen LogP contribution in [0.1, 0.15) is 34.3 Å². The first-order chi connectivity index (χ1) is 7.99. The van der Waals surface area contributed by atoms with Crippen molar-refractivity contribution < 1.29 is 4.42 Å². The molecule has 3 heteroatoms. The van der Waals surface area contributed by atoms with Gasteiger partial charge in [0.15, 0.2) is 0 Å². The lowest BCUT2D eigenvalue weighted by Gasteiger charge is -2.13. The predicted molar refractivity (Wildman–Crippen MR) is 73.1 cm³/mol. The van der Waals surface area contributed by atoms with Crippen LogP contribution in [0.3, 0.4) is 0 Å². The number of halogens is 1. The van der Waals surface area contributed by atoms with Crippen LogP contribution in [0.5, 0.6) is 0 Å². The lowest BCUT2D eigenvalue weighted by atomic mass is 9.99. The van der Waals surface area contributed by atoms with E-state index in [2.05, 4.69) is 41.1 Å². The van der Waals surface area contributed by atoms with Crippen molar-refractivity contribution in [2.45, 2.75) is 26.8 Å². The SMILES string of the molecule is Cc1ccc(C(N)c2cc(C)oc2C)c(Br)c1. The number of aryl methyl sites for hydroxylation is 3. The molecule has 2 rings (SSSR count). The molecule has 0 fully saturated rings. The highest BCUT2D eigenvalue weighted by atomic mass is 79.9. The van der Waals surface area contributed by atoms with E-state index in [1.165, 1.54) is 5.56 Å². The fraction of sp³-hybridized carbons (Fsp3) is 0.286. The van der Waals surface area contributed by atoms with Gasteiger partial charge in [-0.3, -0.25) is 0 Å². The zero-order chi connectivity index (χ0) is 12.6. The first-order valence-electron chi connectivity index (χ1n) is 5.57. The molecule has 2 nitrogen and oxygen atoms in total. The molecular weight excluding hydrogens is 278 g/mol. The average Bonchev–Trinajstić information content (AvgIpc) is 2.57. The van der Waals surface area contributed by atoms with Gasteiger partial charge < -0.3 is 10.2 Å². The summed E-state index contributed by atoms with van der Waals surface area (Å²) in [5.74, 6) is 1.79. The Morgan fingerprint density at radius 3 is 2.35 bits per heavy atom. The van der Waals surface area contributed by atoms with Gasteiger partial charge in [0.05, 0.1) is 6.04 Å². The van der Waals surface area contributed by atoms with E-state index in [-0.39, 0.29) is 6.04 Å². The smallest absolute Gasteiger partial charge is 0.106 e. The molecule has 17 heavy (non-hydrogen) atoms. The van der Waals surface area contributed by atoms with Crippen molar-refractivity contribution in [3.05, 3.63) is 56.9 Å². The van der Waals surface area contributed by atoms with Crippen molar-refractivity contribution in [3.63, 3.8) is 0 Å². The van der Waals surface area contributed by atoms with Gasteiger partial charge in [0.25, 0.3) is 0 Å². The number of nitrogens with two attached hydrogens (primary N) is 1. The highest BCUT2D eigenvalue weighted by molar-refractivity contribution is 9.10. The van der Waals surface area contributed by atoms with E-state index in [0.717, 1.165) is 27.1 Å². The van der Waals surface area contributed by atoms with Crippen LogP contribution in [0, 0.1) is 20.8 Å². The molecule has 1 atom stereocenters. The first kappa shape index (κ1) is 12.4. The van der Waals surface area contributed by atoms with E-state index in [1.807, 2.05) is 19.9 Å². The summed E-state index contributed by atoms with van der Waals surface area (Å²) in [6, 6.07) is 8.07. The minimum atomic E-state index is -0.151. The van der Waals surface area contributed by atoms with Crippen molar-refractivity contribution >= 4 is 15.9 Å². The predicted octanol–water partition coefficient (Wildman–Crippen LogP) is 4.02. The fourth-order valence-corrected chi connectivity index (χ4v) is 2.75. The number of furan rings is 1. The van der Waals surface area contributed by atoms with Gasteiger partial charge in [-0.15, -0.1) is 0 Å². The Labute approximate surface area is 110 Å². The van der Waals surface area contributed by atoms with Crippen LogP contribution in [0.4, 0.5) is 0 Å². The Hall–Kier alpha value is -1.06. The summed E-state index contributed by atoms with van der Waals surface area (Å²) in [4.78, 5) is 0. The summed E-state index contributed by atoms with van der Waals surface area (Å²) in [5, 5.41) is 0. The maximum atomic E-state index is 6.29. The average molecular weight is 294 g/mol. The summed E-state index contributed by atoms with van der Waals surface area (Å²) in [6.07, 6.45) is 0. The molecule has 0 aliphatic rings. The third-order valence-corrected chi connectivity index (χ3v) is 3.59. The zero-order valence-electron chi connectivity index (χ0n) is 10.3. The second kappa shape index (κ2) is 4.67. The van der Waals surface area contributed by atoms with Crippen molar-refractivity contribution in [1.82, 2.24) is 0 Å². The van der Waals surface area contributed by atoms with Crippen LogP contribution in [-0.2, 0) is 0 Å². The summed E-state index contributed by atoms with van der Waals surface area (Å²) >= 11 is 3.57. The van der Waals surface area contributed by atoms with E-state index in [4.69, 9.17) is 10.2 Å². The van der Waals surface area contributed by atoms with Crippen molar-refractivity contribution in [2.24, 2.45) is 5.73 Å². The Morgan fingerprint density at radius 1 is 1.12 bits per heavy atom. The second-order valence-electron chi connectivity index (χ2n) is 4.37. The summed E-state index contributed by atoms with van der Waals surface area (Å²) in [5.41, 5.74) is 9.64. The van der Waals surface area contributed by atoms with E-state index >= 15 is 0 Å². The van der Waals surface area contributed by atoms with Gasteiger partial charge in [-0.05, 0) is 44.0 Å². The van der Waals surface area contributed by atoms with Crippen LogP contribution in [0.15, 0.2) is 33.2 Å². The van der Waals surface area contributed by atoms with Crippen LogP contribution >= 0.6 is 15.9 Å². The molecule has 1 aromatic heterocycles. The molecule has 1 unspecified atom stereocenters. The summed E-state index contributed by atoms with van der Waals surface area (Å²) in [7, 11) is 0. The minimum absolute atomic E-state index is 0.151. The number of rotatable bonds is 2. The normalized spacial score (nSPS) is 12.8. The molecule has 0 saturated carbocycles. The van der Waals surface area contributed by atoms with Gasteiger partial charge in [0, 0.05) is 10.0 Å². The molecule has 0 radical (unpaired) electrons. The highest BCUT2D eigenvalue weighted by Crippen LogP contribution is 2.30.